The molecule has 0 saturated carbocycles. The molecule has 0 amide bonds. The van der Waals surface area contributed by atoms with Crippen molar-refractivity contribution in [3.8, 4) is 5.88 Å². The molecule has 1 saturated heterocycles. The molecule has 88 valence electrons. The fourth-order valence-electron chi connectivity index (χ4n) is 1.46. The topological polar surface area (TPSA) is 59.1 Å². The van der Waals surface area contributed by atoms with E-state index >= 15 is 0 Å². The molecule has 5 nitrogen and oxygen atoms in total. The van der Waals surface area contributed by atoms with Gasteiger partial charge in [-0.2, -0.15) is 4.98 Å². The van der Waals surface area contributed by atoms with Crippen LogP contribution in [0.2, 0.25) is 0 Å². The van der Waals surface area contributed by atoms with Crippen LogP contribution in [0.4, 0.5) is 5.95 Å². The molecule has 1 aliphatic heterocycles. The zero-order valence-corrected chi connectivity index (χ0v) is 9.79. The normalized spacial score (nSPS) is 15.6. The van der Waals surface area contributed by atoms with Crippen LogP contribution in [0, 0.1) is 6.92 Å². The second kappa shape index (κ2) is 5.12. The highest BCUT2D eigenvalue weighted by molar-refractivity contribution is 5.32. The van der Waals surface area contributed by atoms with Crippen LogP contribution in [-0.2, 0) is 0 Å². The molecule has 1 fully saturated rings. The summed E-state index contributed by atoms with van der Waals surface area (Å²) in [5.74, 6) is 1.32. The van der Waals surface area contributed by atoms with Crippen molar-refractivity contribution < 1.29 is 4.74 Å². The first-order valence-electron chi connectivity index (χ1n) is 5.73. The molecule has 5 heteroatoms. The molecule has 2 heterocycles. The third-order valence-corrected chi connectivity index (χ3v) is 2.40. The minimum atomic E-state index is 0.445. The molecule has 0 bridgehead atoms. The first-order valence-corrected chi connectivity index (χ1v) is 5.73. The van der Waals surface area contributed by atoms with E-state index in [1.54, 1.807) is 0 Å². The maximum atomic E-state index is 5.50. The summed E-state index contributed by atoms with van der Waals surface area (Å²) in [7, 11) is 0. The van der Waals surface area contributed by atoms with Crippen LogP contribution in [0.25, 0.3) is 0 Å². The van der Waals surface area contributed by atoms with E-state index in [1.165, 1.54) is 0 Å². The van der Waals surface area contributed by atoms with Crippen molar-refractivity contribution in [3.63, 3.8) is 0 Å². The smallest absolute Gasteiger partial charge is 0.226 e. The predicted molar refractivity (Wildman–Crippen MR) is 62.8 cm³/mol. The summed E-state index contributed by atoms with van der Waals surface area (Å²) in [6.07, 6.45) is 0.984. The number of rotatable bonds is 5. The van der Waals surface area contributed by atoms with Gasteiger partial charge in [-0.3, -0.25) is 0 Å². The van der Waals surface area contributed by atoms with Crippen molar-refractivity contribution in [1.29, 1.82) is 0 Å². The van der Waals surface area contributed by atoms with Gasteiger partial charge in [-0.25, -0.2) is 4.98 Å². The fourth-order valence-corrected chi connectivity index (χ4v) is 1.46. The van der Waals surface area contributed by atoms with Crippen molar-refractivity contribution >= 4 is 5.95 Å². The highest BCUT2D eigenvalue weighted by Gasteiger charge is 2.17. The van der Waals surface area contributed by atoms with Gasteiger partial charge < -0.3 is 15.4 Å². The average Bonchev–Trinajstić information content (AvgIpc) is 2.20. The Morgan fingerprint density at radius 3 is 2.94 bits per heavy atom. The number of hydrogen-bond donors (Lipinski definition) is 2. The lowest BCUT2D eigenvalue weighted by molar-refractivity contribution is 0.304. The molecule has 0 unspecified atom stereocenters. The monoisotopic (exact) mass is 222 g/mol. The van der Waals surface area contributed by atoms with Gasteiger partial charge in [0, 0.05) is 24.8 Å². The summed E-state index contributed by atoms with van der Waals surface area (Å²) in [5.41, 5.74) is 0.927. The number of aromatic nitrogens is 2. The first-order chi connectivity index (χ1) is 7.78. The van der Waals surface area contributed by atoms with Crippen molar-refractivity contribution in [3.05, 3.63) is 11.8 Å². The van der Waals surface area contributed by atoms with Gasteiger partial charge in [0.25, 0.3) is 0 Å². The Bertz CT molecular complexity index is 352. The second-order valence-electron chi connectivity index (χ2n) is 4.02. The summed E-state index contributed by atoms with van der Waals surface area (Å²) in [6.45, 7) is 6.67. The van der Waals surface area contributed by atoms with Gasteiger partial charge in [0.2, 0.25) is 11.8 Å². The molecule has 1 aliphatic rings. The molecule has 1 aromatic heterocycles. The van der Waals surface area contributed by atoms with E-state index in [9.17, 15) is 0 Å². The second-order valence-corrected chi connectivity index (χ2v) is 4.02. The Hall–Kier alpha value is -1.36. The van der Waals surface area contributed by atoms with E-state index < -0.39 is 0 Å². The van der Waals surface area contributed by atoms with Gasteiger partial charge in [0.1, 0.15) is 0 Å². The fraction of sp³-hybridized carbons (Fsp3) is 0.636. The quantitative estimate of drug-likeness (QED) is 0.777. The van der Waals surface area contributed by atoms with Gasteiger partial charge in [-0.1, -0.05) is 6.92 Å². The molecule has 0 radical (unpaired) electrons. The molecule has 2 rings (SSSR count). The zero-order valence-electron chi connectivity index (χ0n) is 9.79. The third-order valence-electron chi connectivity index (χ3n) is 2.40. The number of nitrogens with one attached hydrogen (secondary N) is 2. The largest absolute Gasteiger partial charge is 0.478 e. The van der Waals surface area contributed by atoms with Crippen LogP contribution in [0.15, 0.2) is 6.07 Å². The zero-order chi connectivity index (χ0) is 11.4. The van der Waals surface area contributed by atoms with Crippen LogP contribution < -0.4 is 15.4 Å². The molecule has 0 spiro atoms. The number of hydrogen-bond acceptors (Lipinski definition) is 5. The van der Waals surface area contributed by atoms with E-state index in [1.807, 2.05) is 13.0 Å². The molecule has 0 atom stereocenters. The van der Waals surface area contributed by atoms with E-state index in [-0.39, 0.29) is 0 Å². The van der Waals surface area contributed by atoms with E-state index in [2.05, 4.69) is 27.5 Å². The predicted octanol–water partition coefficient (Wildman–Crippen LogP) is 0.958. The highest BCUT2D eigenvalue weighted by Crippen LogP contribution is 2.13. The number of aryl methyl sites for hydroxylation is 1. The number of ether oxygens (including phenoxy) is 1. The molecule has 2 N–H and O–H groups in total. The maximum absolute atomic E-state index is 5.50. The Kier molecular flexibility index (Phi) is 3.56. The van der Waals surface area contributed by atoms with Crippen LogP contribution in [0.5, 0.6) is 5.88 Å². The summed E-state index contributed by atoms with van der Waals surface area (Å²) in [4.78, 5) is 8.65. The van der Waals surface area contributed by atoms with Gasteiger partial charge >= 0.3 is 0 Å². The molecule has 16 heavy (non-hydrogen) atoms. The molecular weight excluding hydrogens is 204 g/mol. The third kappa shape index (κ3) is 2.82. The Morgan fingerprint density at radius 2 is 2.31 bits per heavy atom. The average molecular weight is 222 g/mol. The number of nitrogens with zero attached hydrogens (tertiary/aromatic N) is 2. The first kappa shape index (κ1) is 11.1. The van der Waals surface area contributed by atoms with Gasteiger partial charge in [0.15, 0.2) is 0 Å². The lowest BCUT2D eigenvalue weighted by atomic mass is 10.2. The van der Waals surface area contributed by atoms with E-state index in [4.69, 9.17) is 4.74 Å². The Labute approximate surface area is 95.6 Å². The van der Waals surface area contributed by atoms with Crippen molar-refractivity contribution in [2.45, 2.75) is 26.3 Å². The summed E-state index contributed by atoms with van der Waals surface area (Å²) in [5, 5.41) is 6.47. The van der Waals surface area contributed by atoms with Gasteiger partial charge in [0.05, 0.1) is 12.6 Å². The van der Waals surface area contributed by atoms with Crippen LogP contribution in [0.3, 0.4) is 0 Å². The lowest BCUT2D eigenvalue weighted by Gasteiger charge is -2.28. The van der Waals surface area contributed by atoms with Crippen LogP contribution >= 0.6 is 0 Å². The number of anilines is 1. The standard InChI is InChI=1S/C11H18N4O/c1-3-4-16-10-5-8(2)13-11(15-10)14-9-6-12-7-9/h5,9,12H,3-4,6-7H2,1-2H3,(H,13,14,15). The van der Waals surface area contributed by atoms with E-state index in [0.29, 0.717) is 24.5 Å². The molecule has 1 aromatic rings. The van der Waals surface area contributed by atoms with Crippen molar-refractivity contribution in [2.24, 2.45) is 0 Å². The molecule has 0 aliphatic carbocycles. The van der Waals surface area contributed by atoms with Gasteiger partial charge in [-0.05, 0) is 13.3 Å². The van der Waals surface area contributed by atoms with Crippen LogP contribution in [0.1, 0.15) is 19.0 Å². The van der Waals surface area contributed by atoms with Crippen LogP contribution in [-0.4, -0.2) is 35.7 Å². The van der Waals surface area contributed by atoms with Crippen molar-refractivity contribution in [1.82, 2.24) is 15.3 Å². The SMILES string of the molecule is CCCOc1cc(C)nc(NC2CNC2)n1. The minimum absolute atomic E-state index is 0.445. The Balaban J connectivity index is 2.02. The summed E-state index contributed by atoms with van der Waals surface area (Å²) in [6, 6.07) is 2.31. The highest BCUT2D eigenvalue weighted by atomic mass is 16.5. The summed E-state index contributed by atoms with van der Waals surface area (Å²) >= 11 is 0. The lowest BCUT2D eigenvalue weighted by Crippen LogP contribution is -2.51. The minimum Gasteiger partial charge on any atom is -0.478 e. The van der Waals surface area contributed by atoms with Crippen molar-refractivity contribution in [2.75, 3.05) is 25.0 Å². The summed E-state index contributed by atoms with van der Waals surface area (Å²) < 4.78 is 5.50. The van der Waals surface area contributed by atoms with Gasteiger partial charge in [-0.15, -0.1) is 0 Å². The Morgan fingerprint density at radius 1 is 1.50 bits per heavy atom. The molecule has 0 aromatic carbocycles. The maximum Gasteiger partial charge on any atom is 0.226 e. The molecular formula is C11H18N4O. The van der Waals surface area contributed by atoms with E-state index in [0.717, 1.165) is 25.2 Å².